The quantitative estimate of drug-likeness (QED) is 0.335. The van der Waals surface area contributed by atoms with Gasteiger partial charge in [-0.1, -0.05) is 39.3 Å². The number of para-hydroxylation sites is 2. The van der Waals surface area contributed by atoms with Gasteiger partial charge in [-0.15, -0.1) is 0 Å². The van der Waals surface area contributed by atoms with Crippen LogP contribution < -0.4 is 9.47 Å². The number of fused-ring (bicyclic) bond motifs is 1. The van der Waals surface area contributed by atoms with Crippen molar-refractivity contribution in [1.82, 2.24) is 4.57 Å². The fourth-order valence-electron chi connectivity index (χ4n) is 5.58. The van der Waals surface area contributed by atoms with Gasteiger partial charge in [0.2, 0.25) is 0 Å². The molecular weight excluding hydrogens is 422 g/mol. The van der Waals surface area contributed by atoms with Crippen molar-refractivity contribution >= 4 is 22.7 Å². The van der Waals surface area contributed by atoms with Crippen molar-refractivity contribution in [3.05, 3.63) is 48.5 Å². The molecule has 0 spiro atoms. The van der Waals surface area contributed by atoms with Crippen LogP contribution in [0, 0.1) is 17.8 Å². The second-order valence-electron chi connectivity index (χ2n) is 10.4. The van der Waals surface area contributed by atoms with Gasteiger partial charge in [0.05, 0.1) is 12.1 Å². The fraction of sp³-hybridized carbons (Fsp3) is 0.517. The highest BCUT2D eigenvalue weighted by molar-refractivity contribution is 5.77. The average Bonchev–Trinajstić information content (AvgIpc) is 3.12. The van der Waals surface area contributed by atoms with Gasteiger partial charge in [0.15, 0.2) is 17.6 Å². The van der Waals surface area contributed by atoms with E-state index in [1.807, 2.05) is 20.2 Å². The number of nitrogens with zero attached hydrogens (tertiary/aromatic N) is 3. The third kappa shape index (κ3) is 4.84. The molecule has 34 heavy (non-hydrogen) atoms. The molecule has 182 valence electrons. The molecule has 0 N–H and O–H groups in total. The summed E-state index contributed by atoms with van der Waals surface area (Å²) in [6.45, 7) is 9.97. The van der Waals surface area contributed by atoms with Gasteiger partial charge in [-0.3, -0.25) is 0 Å². The summed E-state index contributed by atoms with van der Waals surface area (Å²) in [4.78, 5) is 15.5. The van der Waals surface area contributed by atoms with Crippen molar-refractivity contribution in [2.24, 2.45) is 17.8 Å². The van der Waals surface area contributed by atoms with Crippen molar-refractivity contribution < 1.29 is 14.1 Å². The number of ether oxygens (including phenoxy) is 1. The molecule has 0 saturated heterocycles. The fourth-order valence-corrected chi connectivity index (χ4v) is 5.58. The number of hydrogen-bond donors (Lipinski definition) is 0. The van der Waals surface area contributed by atoms with E-state index in [0.29, 0.717) is 17.8 Å². The molecule has 1 saturated carbocycles. The minimum atomic E-state index is -0.139. The summed E-state index contributed by atoms with van der Waals surface area (Å²) in [5, 5.41) is 0. The summed E-state index contributed by atoms with van der Waals surface area (Å²) < 4.78 is 10.6. The third-order valence-electron chi connectivity index (χ3n) is 7.46. The number of aryl methyl sites for hydroxylation is 1. The Morgan fingerprint density at radius 1 is 1.12 bits per heavy atom. The van der Waals surface area contributed by atoms with Crippen LogP contribution in [-0.2, 0) is 22.6 Å². The number of benzene rings is 2. The standard InChI is InChI=1S/C29H40N3O2/c1-7-31-25-10-8-9-11-26(25)32(29(31)22-13-15-23(16-14-22)30(5)6)19-28(33)34-27-18-21(4)12-17-24(27)20(2)3/h8-11,13-16,20-21,24,27H,7,12,17-19H2,1-6H3/q+1/t21-,24?,27-/m1/s1. The number of rotatable bonds is 7. The van der Waals surface area contributed by atoms with Gasteiger partial charge in [0, 0.05) is 19.8 Å². The zero-order valence-electron chi connectivity index (χ0n) is 21.6. The van der Waals surface area contributed by atoms with Crippen molar-refractivity contribution in [1.29, 1.82) is 0 Å². The number of esters is 1. The molecule has 0 bridgehead atoms. The highest BCUT2D eigenvalue weighted by Gasteiger charge is 2.35. The zero-order valence-corrected chi connectivity index (χ0v) is 21.6. The minimum Gasteiger partial charge on any atom is -0.459 e. The van der Waals surface area contributed by atoms with Gasteiger partial charge in [-0.2, -0.15) is 0 Å². The minimum absolute atomic E-state index is 0.0131. The number of hydrogen-bond acceptors (Lipinski definition) is 3. The molecule has 0 radical (unpaired) electrons. The Bertz CT molecular complexity index is 1130. The summed E-state index contributed by atoms with van der Waals surface area (Å²) in [7, 11) is 4.09. The number of anilines is 1. The average molecular weight is 463 g/mol. The molecule has 1 unspecified atom stereocenters. The van der Waals surface area contributed by atoms with Crippen LogP contribution in [0.15, 0.2) is 48.5 Å². The molecule has 3 aromatic rings. The van der Waals surface area contributed by atoms with Crippen LogP contribution in [0.1, 0.15) is 47.0 Å². The van der Waals surface area contributed by atoms with E-state index in [4.69, 9.17) is 4.74 Å². The summed E-state index contributed by atoms with van der Waals surface area (Å²) in [5.74, 6) is 2.47. The van der Waals surface area contributed by atoms with Crippen LogP contribution in [0.25, 0.3) is 22.4 Å². The van der Waals surface area contributed by atoms with Gasteiger partial charge in [0.1, 0.15) is 6.10 Å². The van der Waals surface area contributed by atoms with Crippen LogP contribution in [-0.4, -0.2) is 30.7 Å². The van der Waals surface area contributed by atoms with Gasteiger partial charge >= 0.3 is 5.97 Å². The smallest absolute Gasteiger partial charge is 0.348 e. The highest BCUT2D eigenvalue weighted by atomic mass is 16.5. The predicted octanol–water partition coefficient (Wildman–Crippen LogP) is 5.69. The van der Waals surface area contributed by atoms with E-state index >= 15 is 0 Å². The molecule has 3 atom stereocenters. The highest BCUT2D eigenvalue weighted by Crippen LogP contribution is 2.35. The topological polar surface area (TPSA) is 38.4 Å². The Morgan fingerprint density at radius 2 is 1.82 bits per heavy atom. The number of carbonyl (C=O) groups is 1. The normalized spacial score (nSPS) is 20.6. The molecule has 1 heterocycles. The summed E-state index contributed by atoms with van der Waals surface area (Å²) >= 11 is 0. The SMILES string of the molecule is CCn1c(-c2ccc(N(C)C)cc2)[n+](CC(=O)O[C@@H]2C[C@H](C)CCC2C(C)C)c2ccccc21. The summed E-state index contributed by atoms with van der Waals surface area (Å²) in [6.07, 6.45) is 3.35. The first kappa shape index (κ1) is 24.3. The molecule has 1 aliphatic rings. The lowest BCUT2D eigenvalue weighted by atomic mass is 9.75. The van der Waals surface area contributed by atoms with E-state index in [0.717, 1.165) is 47.5 Å². The Balaban J connectivity index is 1.70. The van der Waals surface area contributed by atoms with Crippen molar-refractivity contribution in [2.75, 3.05) is 19.0 Å². The van der Waals surface area contributed by atoms with E-state index in [2.05, 4.69) is 84.2 Å². The molecule has 4 rings (SSSR count). The number of imidazole rings is 1. The molecule has 1 fully saturated rings. The van der Waals surface area contributed by atoms with Gasteiger partial charge < -0.3 is 9.64 Å². The van der Waals surface area contributed by atoms with Crippen LogP contribution in [0.5, 0.6) is 0 Å². The Labute approximate surface area is 204 Å². The first-order chi connectivity index (χ1) is 16.3. The van der Waals surface area contributed by atoms with Crippen molar-refractivity contribution in [2.45, 2.75) is 66.2 Å². The van der Waals surface area contributed by atoms with Gasteiger partial charge in [0.25, 0.3) is 5.82 Å². The molecular formula is C29H40N3O2+. The van der Waals surface area contributed by atoms with Crippen LogP contribution in [0.2, 0.25) is 0 Å². The van der Waals surface area contributed by atoms with E-state index in [-0.39, 0.29) is 18.6 Å². The third-order valence-corrected chi connectivity index (χ3v) is 7.46. The number of carbonyl (C=O) groups excluding carboxylic acids is 1. The largest absolute Gasteiger partial charge is 0.459 e. The number of aromatic nitrogens is 2. The first-order valence-corrected chi connectivity index (χ1v) is 12.8. The lowest BCUT2D eigenvalue weighted by Gasteiger charge is -2.36. The summed E-state index contributed by atoms with van der Waals surface area (Å²) in [6, 6.07) is 16.9. The molecule has 1 aliphatic carbocycles. The lowest BCUT2D eigenvalue weighted by molar-refractivity contribution is -0.649. The predicted molar refractivity (Wildman–Crippen MR) is 139 cm³/mol. The van der Waals surface area contributed by atoms with Crippen molar-refractivity contribution in [3.8, 4) is 11.4 Å². The van der Waals surface area contributed by atoms with Crippen LogP contribution in [0.4, 0.5) is 5.69 Å². The Morgan fingerprint density at radius 3 is 2.47 bits per heavy atom. The maximum Gasteiger partial charge on any atom is 0.348 e. The van der Waals surface area contributed by atoms with E-state index in [1.165, 1.54) is 6.42 Å². The molecule has 1 aromatic heterocycles. The summed E-state index contributed by atoms with van der Waals surface area (Å²) in [5.41, 5.74) is 4.45. The van der Waals surface area contributed by atoms with Crippen molar-refractivity contribution in [3.63, 3.8) is 0 Å². The van der Waals surface area contributed by atoms with E-state index < -0.39 is 0 Å². The van der Waals surface area contributed by atoms with Gasteiger partial charge in [-0.25, -0.2) is 13.9 Å². The van der Waals surface area contributed by atoms with Crippen LogP contribution >= 0.6 is 0 Å². The monoisotopic (exact) mass is 462 g/mol. The maximum absolute atomic E-state index is 13.4. The molecule has 0 amide bonds. The second-order valence-corrected chi connectivity index (χ2v) is 10.4. The Hall–Kier alpha value is -2.82. The second kappa shape index (κ2) is 10.2. The first-order valence-electron chi connectivity index (χ1n) is 12.8. The van der Waals surface area contributed by atoms with E-state index in [1.54, 1.807) is 0 Å². The molecule has 5 heteroatoms. The van der Waals surface area contributed by atoms with Gasteiger partial charge in [-0.05, 0) is 73.9 Å². The molecule has 0 aliphatic heterocycles. The lowest BCUT2D eigenvalue weighted by Crippen LogP contribution is -2.43. The Kier molecular flexibility index (Phi) is 7.30. The molecule has 5 nitrogen and oxygen atoms in total. The van der Waals surface area contributed by atoms with Crippen LogP contribution in [0.3, 0.4) is 0 Å². The maximum atomic E-state index is 13.4. The zero-order chi connectivity index (χ0) is 24.4. The van der Waals surface area contributed by atoms with E-state index in [9.17, 15) is 4.79 Å². The molecule has 2 aromatic carbocycles.